The molecular weight excluding hydrogens is 340 g/mol. The quantitative estimate of drug-likeness (QED) is 0.802. The van der Waals surface area contributed by atoms with Gasteiger partial charge in [0.1, 0.15) is 11.2 Å². The molecule has 0 saturated carbocycles. The maximum atomic E-state index is 12.5. The Morgan fingerprint density at radius 1 is 1.35 bits per heavy atom. The number of benzene rings is 1. The first kappa shape index (κ1) is 18.2. The average Bonchev–Trinajstić information content (AvgIpc) is 3.07. The first-order valence-corrected chi connectivity index (χ1v) is 8.49. The van der Waals surface area contributed by atoms with Crippen molar-refractivity contribution in [2.24, 2.45) is 5.41 Å². The number of carboxylic acid groups (broad SMARTS) is 1. The highest BCUT2D eigenvalue weighted by atomic mass is 16.5. The molecule has 8 heteroatoms. The molecule has 2 aliphatic heterocycles. The number of anilines is 1. The number of carbonyl (C=O) groups is 3. The Hall–Kier alpha value is -2.61. The molecule has 1 aromatic carbocycles. The Labute approximate surface area is 151 Å². The highest BCUT2D eigenvalue weighted by Crippen LogP contribution is 2.33. The zero-order valence-corrected chi connectivity index (χ0v) is 14.6. The molecule has 1 fully saturated rings. The van der Waals surface area contributed by atoms with Crippen molar-refractivity contribution in [3.63, 3.8) is 0 Å². The van der Waals surface area contributed by atoms with Crippen LogP contribution in [0.25, 0.3) is 0 Å². The molecule has 140 valence electrons. The Balaban J connectivity index is 1.63. The molecule has 2 amide bonds. The Morgan fingerprint density at radius 2 is 2.12 bits per heavy atom. The van der Waals surface area contributed by atoms with Crippen LogP contribution < -0.4 is 9.64 Å². The number of likely N-dealkylation sites (tertiary alicyclic amines) is 1. The standard InChI is InChI=1S/C18H22N2O6/c1-25-12-18(17(23)24)7-9-19(11-18)15(21)6-8-20-13-4-2-3-5-14(13)26-10-16(20)22/h2-5H,6-12H2,1H3,(H,23,24). The van der Waals surface area contributed by atoms with Crippen LogP contribution in [0.15, 0.2) is 24.3 Å². The number of carbonyl (C=O) groups excluding carboxylic acids is 2. The maximum Gasteiger partial charge on any atom is 0.313 e. The molecule has 1 saturated heterocycles. The number of aliphatic carboxylic acids is 1. The van der Waals surface area contributed by atoms with Gasteiger partial charge in [0.05, 0.1) is 12.3 Å². The smallest absolute Gasteiger partial charge is 0.313 e. The van der Waals surface area contributed by atoms with Gasteiger partial charge in [-0.15, -0.1) is 0 Å². The van der Waals surface area contributed by atoms with Crippen LogP contribution in [-0.2, 0) is 19.1 Å². The predicted molar refractivity (Wildman–Crippen MR) is 92.0 cm³/mol. The van der Waals surface area contributed by atoms with Gasteiger partial charge in [-0.2, -0.15) is 0 Å². The van der Waals surface area contributed by atoms with Crippen molar-refractivity contribution in [2.45, 2.75) is 12.8 Å². The number of amides is 2. The lowest BCUT2D eigenvalue weighted by Crippen LogP contribution is -2.43. The SMILES string of the molecule is COCC1(C(=O)O)CCN(C(=O)CCN2C(=O)COc3ccccc32)C1. The lowest BCUT2D eigenvalue weighted by molar-refractivity contribution is -0.151. The summed E-state index contributed by atoms with van der Waals surface area (Å²) < 4.78 is 10.4. The van der Waals surface area contributed by atoms with Crippen molar-refractivity contribution < 1.29 is 29.0 Å². The van der Waals surface area contributed by atoms with Crippen LogP contribution in [0.2, 0.25) is 0 Å². The second-order valence-electron chi connectivity index (χ2n) is 6.64. The molecule has 0 bridgehead atoms. The lowest BCUT2D eigenvalue weighted by Gasteiger charge is -2.30. The van der Waals surface area contributed by atoms with E-state index in [1.54, 1.807) is 21.9 Å². The second kappa shape index (κ2) is 7.33. The summed E-state index contributed by atoms with van der Waals surface area (Å²) in [6.45, 7) is 0.760. The number of para-hydroxylation sites is 2. The van der Waals surface area contributed by atoms with E-state index in [0.717, 1.165) is 0 Å². The molecule has 1 N–H and O–H groups in total. The summed E-state index contributed by atoms with van der Waals surface area (Å²) in [5.41, 5.74) is -0.400. The summed E-state index contributed by atoms with van der Waals surface area (Å²) in [5, 5.41) is 9.49. The number of methoxy groups -OCH3 is 1. The van der Waals surface area contributed by atoms with Gasteiger partial charge in [-0.25, -0.2) is 0 Å². The number of hydrogen-bond donors (Lipinski definition) is 1. The molecule has 26 heavy (non-hydrogen) atoms. The van der Waals surface area contributed by atoms with Crippen molar-refractivity contribution in [1.82, 2.24) is 4.90 Å². The predicted octanol–water partition coefficient (Wildman–Crippen LogP) is 0.752. The van der Waals surface area contributed by atoms with E-state index >= 15 is 0 Å². The highest BCUT2D eigenvalue weighted by molar-refractivity contribution is 5.98. The van der Waals surface area contributed by atoms with Crippen molar-refractivity contribution in [1.29, 1.82) is 0 Å². The first-order chi connectivity index (χ1) is 12.5. The first-order valence-electron chi connectivity index (χ1n) is 8.49. The van der Waals surface area contributed by atoms with Gasteiger partial charge in [-0.05, 0) is 18.6 Å². The molecule has 1 unspecified atom stereocenters. The lowest BCUT2D eigenvalue weighted by atomic mass is 9.88. The summed E-state index contributed by atoms with van der Waals surface area (Å²) in [6, 6.07) is 7.19. The van der Waals surface area contributed by atoms with E-state index in [1.807, 2.05) is 12.1 Å². The largest absolute Gasteiger partial charge is 0.482 e. The molecule has 3 rings (SSSR count). The van der Waals surface area contributed by atoms with E-state index in [1.165, 1.54) is 7.11 Å². The number of fused-ring (bicyclic) bond motifs is 1. The van der Waals surface area contributed by atoms with Crippen LogP contribution in [0.3, 0.4) is 0 Å². The fraction of sp³-hybridized carbons (Fsp3) is 0.500. The van der Waals surface area contributed by atoms with E-state index in [2.05, 4.69) is 0 Å². The highest BCUT2D eigenvalue weighted by Gasteiger charge is 2.46. The van der Waals surface area contributed by atoms with Crippen LogP contribution >= 0.6 is 0 Å². The van der Waals surface area contributed by atoms with E-state index in [4.69, 9.17) is 9.47 Å². The van der Waals surface area contributed by atoms with Crippen LogP contribution in [0.1, 0.15) is 12.8 Å². The third-order valence-corrected chi connectivity index (χ3v) is 4.94. The van der Waals surface area contributed by atoms with Crippen LogP contribution in [0.4, 0.5) is 5.69 Å². The van der Waals surface area contributed by atoms with Crippen molar-refractivity contribution in [3.05, 3.63) is 24.3 Å². The molecule has 0 spiro atoms. The van der Waals surface area contributed by atoms with E-state index in [0.29, 0.717) is 24.4 Å². The summed E-state index contributed by atoms with van der Waals surface area (Å²) in [5.74, 6) is -0.698. The number of carboxylic acids is 1. The Bertz CT molecular complexity index is 721. The normalized spacial score (nSPS) is 22.1. The van der Waals surface area contributed by atoms with Crippen LogP contribution in [0, 0.1) is 5.41 Å². The molecule has 0 aliphatic carbocycles. The molecule has 2 heterocycles. The number of nitrogens with zero attached hydrogens (tertiary/aromatic N) is 2. The minimum absolute atomic E-state index is 0.0507. The minimum atomic E-state index is -1.05. The van der Waals surface area contributed by atoms with Gasteiger partial charge in [0, 0.05) is 33.2 Å². The molecule has 0 aromatic heterocycles. The molecule has 0 radical (unpaired) electrons. The van der Waals surface area contributed by atoms with E-state index < -0.39 is 11.4 Å². The molecule has 2 aliphatic rings. The van der Waals surface area contributed by atoms with Crippen LogP contribution in [0.5, 0.6) is 5.75 Å². The maximum absolute atomic E-state index is 12.5. The van der Waals surface area contributed by atoms with Gasteiger partial charge in [0.25, 0.3) is 5.91 Å². The molecule has 1 atom stereocenters. The summed E-state index contributed by atoms with van der Waals surface area (Å²) >= 11 is 0. The third-order valence-electron chi connectivity index (χ3n) is 4.94. The Kier molecular flexibility index (Phi) is 5.13. The van der Waals surface area contributed by atoms with Gasteiger partial charge < -0.3 is 24.4 Å². The summed E-state index contributed by atoms with van der Waals surface area (Å²) in [4.78, 5) is 39.4. The van der Waals surface area contributed by atoms with Gasteiger partial charge in [0.2, 0.25) is 5.91 Å². The van der Waals surface area contributed by atoms with Crippen LogP contribution in [-0.4, -0.2) is 67.7 Å². The third kappa shape index (κ3) is 3.37. The molecule has 1 aromatic rings. The second-order valence-corrected chi connectivity index (χ2v) is 6.64. The molecular formula is C18H22N2O6. The fourth-order valence-corrected chi connectivity index (χ4v) is 3.48. The van der Waals surface area contributed by atoms with E-state index in [9.17, 15) is 19.5 Å². The number of rotatable bonds is 6. The minimum Gasteiger partial charge on any atom is -0.482 e. The van der Waals surface area contributed by atoms with Crippen molar-refractivity contribution in [2.75, 3.05) is 44.9 Å². The van der Waals surface area contributed by atoms with E-state index in [-0.39, 0.29) is 44.5 Å². The topological polar surface area (TPSA) is 96.4 Å². The Morgan fingerprint density at radius 3 is 2.85 bits per heavy atom. The van der Waals surface area contributed by atoms with Gasteiger partial charge >= 0.3 is 5.97 Å². The fourth-order valence-electron chi connectivity index (χ4n) is 3.48. The van der Waals surface area contributed by atoms with Crippen molar-refractivity contribution >= 4 is 23.5 Å². The summed E-state index contributed by atoms with van der Waals surface area (Å²) in [7, 11) is 1.46. The van der Waals surface area contributed by atoms with Gasteiger partial charge in [-0.3, -0.25) is 14.4 Å². The zero-order valence-electron chi connectivity index (χ0n) is 14.6. The van der Waals surface area contributed by atoms with Gasteiger partial charge in [-0.1, -0.05) is 12.1 Å². The zero-order chi connectivity index (χ0) is 18.7. The number of ether oxygens (including phenoxy) is 2. The van der Waals surface area contributed by atoms with Crippen molar-refractivity contribution in [3.8, 4) is 5.75 Å². The average molecular weight is 362 g/mol. The summed E-state index contributed by atoms with van der Waals surface area (Å²) in [6.07, 6.45) is 0.490. The monoisotopic (exact) mass is 362 g/mol. The molecule has 8 nitrogen and oxygen atoms in total. The van der Waals surface area contributed by atoms with Gasteiger partial charge in [0.15, 0.2) is 6.61 Å². The number of hydrogen-bond acceptors (Lipinski definition) is 5.